The molecule has 0 saturated heterocycles. The van der Waals surface area contributed by atoms with Gasteiger partial charge in [-0.3, -0.25) is 0 Å². The van der Waals surface area contributed by atoms with Gasteiger partial charge in [0.2, 0.25) is 0 Å². The van der Waals surface area contributed by atoms with E-state index in [1.807, 2.05) is 6.08 Å². The van der Waals surface area contributed by atoms with Crippen LogP contribution in [0.15, 0.2) is 12.7 Å². The molecule has 0 aromatic carbocycles. The minimum atomic E-state index is -1.23. The van der Waals surface area contributed by atoms with Crippen LogP contribution in [0.4, 0.5) is 0 Å². The third-order valence-corrected chi connectivity index (χ3v) is 8.08. The van der Waals surface area contributed by atoms with Gasteiger partial charge in [0.05, 0.1) is 0 Å². The fraction of sp³-hybridized carbons (Fsp3) is 0.895. The predicted molar refractivity (Wildman–Crippen MR) is 111 cm³/mol. The summed E-state index contributed by atoms with van der Waals surface area (Å²) in [5, 5.41) is 8.58. The molecule has 0 aliphatic rings. The zero-order valence-electron chi connectivity index (χ0n) is 16.9. The summed E-state index contributed by atoms with van der Waals surface area (Å²) in [5.41, 5.74) is 0. The van der Waals surface area contributed by atoms with Gasteiger partial charge in [0.1, 0.15) is 0 Å². The molecule has 0 heterocycles. The van der Waals surface area contributed by atoms with Gasteiger partial charge < -0.3 is 9.22 Å². The Morgan fingerprint density at radius 2 is 1.04 bits per heavy atom. The lowest BCUT2D eigenvalue weighted by Gasteiger charge is -2.27. The van der Waals surface area contributed by atoms with Crippen molar-refractivity contribution in [2.45, 2.75) is 103 Å². The van der Waals surface area contributed by atoms with Gasteiger partial charge in [-0.2, -0.15) is 0 Å². The fourth-order valence-corrected chi connectivity index (χ4v) is 9.90. The average Bonchev–Trinajstić information content (AvgIpc) is 2.37. The van der Waals surface area contributed by atoms with E-state index in [0.29, 0.717) is 6.61 Å². The zero-order valence-corrected chi connectivity index (χ0v) is 18.9. The first-order valence-corrected chi connectivity index (χ1v) is 16.4. The summed E-state index contributed by atoms with van der Waals surface area (Å²) in [6.45, 7) is 17.5. The number of rotatable bonds is 13. The van der Waals surface area contributed by atoms with E-state index in [9.17, 15) is 0 Å². The number of aliphatic hydroxyl groups excluding tert-OH is 1. The molecular weight excluding hydrogens is 316 g/mol. The van der Waals surface area contributed by atoms with Crippen LogP contribution in [0.2, 0.25) is 39.3 Å². The smallest absolute Gasteiger partial charge is 0.170 e. The maximum absolute atomic E-state index is 8.58. The van der Waals surface area contributed by atoms with Gasteiger partial charge in [-0.25, -0.2) is 0 Å². The molecule has 0 aromatic heterocycles. The minimum absolute atomic E-state index is 0.363. The van der Waals surface area contributed by atoms with Crippen LogP contribution in [0.3, 0.4) is 0 Å². The molecule has 0 unspecified atom stereocenters. The van der Waals surface area contributed by atoms with E-state index in [4.69, 9.17) is 9.22 Å². The van der Waals surface area contributed by atoms with Gasteiger partial charge in [0.25, 0.3) is 0 Å². The highest BCUT2D eigenvalue weighted by Gasteiger charge is 2.24. The minimum Gasteiger partial charge on any atom is -0.456 e. The van der Waals surface area contributed by atoms with Crippen LogP contribution in [0.25, 0.3) is 0 Å². The Hall–Kier alpha value is 0.0938. The van der Waals surface area contributed by atoms with Crippen molar-refractivity contribution in [3.63, 3.8) is 0 Å². The normalized spacial score (nSPS) is 11.8. The van der Waals surface area contributed by atoms with Crippen LogP contribution < -0.4 is 0 Å². The third kappa shape index (κ3) is 30.5. The molecule has 1 N–H and O–H groups in total. The highest BCUT2D eigenvalue weighted by molar-refractivity contribution is 6.83. The van der Waals surface area contributed by atoms with Crippen molar-refractivity contribution in [2.75, 3.05) is 6.61 Å². The van der Waals surface area contributed by atoms with Crippen LogP contribution in [0, 0.1) is 0 Å². The Labute approximate surface area is 149 Å². The quantitative estimate of drug-likeness (QED) is 0.224. The van der Waals surface area contributed by atoms with Crippen LogP contribution in [0.5, 0.6) is 0 Å². The van der Waals surface area contributed by atoms with E-state index in [1.54, 1.807) is 0 Å². The lowest BCUT2D eigenvalue weighted by Crippen LogP contribution is -2.39. The van der Waals surface area contributed by atoms with Crippen LogP contribution >= 0.6 is 0 Å². The van der Waals surface area contributed by atoms with Crippen LogP contribution in [-0.4, -0.2) is 28.3 Å². The van der Waals surface area contributed by atoms with Crippen molar-refractivity contribution < 1.29 is 9.22 Å². The molecule has 0 spiro atoms. The second kappa shape index (κ2) is 15.6. The molecule has 140 valence electrons. The van der Waals surface area contributed by atoms with Crippen molar-refractivity contribution >= 4 is 16.6 Å². The van der Waals surface area contributed by atoms with Crippen molar-refractivity contribution in [3.05, 3.63) is 12.7 Å². The number of allylic oxidation sites excluding steroid dienone is 1. The topological polar surface area (TPSA) is 29.5 Å². The summed E-state index contributed by atoms with van der Waals surface area (Å²) in [6, 6.07) is 0. The molecule has 0 rings (SSSR count). The van der Waals surface area contributed by atoms with E-state index >= 15 is 0 Å². The summed E-state index contributed by atoms with van der Waals surface area (Å²) in [4.78, 5) is 0. The van der Waals surface area contributed by atoms with Crippen molar-refractivity contribution in [3.8, 4) is 0 Å². The Balaban J connectivity index is 0. The summed E-state index contributed by atoms with van der Waals surface area (Å²) < 4.78 is 5.90. The summed E-state index contributed by atoms with van der Waals surface area (Å²) in [5.74, 6) is 0. The van der Waals surface area contributed by atoms with Gasteiger partial charge in [0.15, 0.2) is 16.6 Å². The Morgan fingerprint density at radius 3 is 1.30 bits per heavy atom. The highest BCUT2D eigenvalue weighted by atomic mass is 28.4. The lowest BCUT2D eigenvalue weighted by molar-refractivity contribution is 0.282. The molecule has 0 amide bonds. The summed E-state index contributed by atoms with van der Waals surface area (Å²) >= 11 is 0. The van der Waals surface area contributed by atoms with Crippen LogP contribution in [0.1, 0.15) is 64.2 Å². The van der Waals surface area contributed by atoms with Crippen LogP contribution in [-0.2, 0) is 4.12 Å². The van der Waals surface area contributed by atoms with E-state index in [1.165, 1.54) is 57.8 Å². The molecular formula is C19H44O2Si2. The van der Waals surface area contributed by atoms with E-state index in [0.717, 1.165) is 6.42 Å². The van der Waals surface area contributed by atoms with Crippen molar-refractivity contribution in [1.82, 2.24) is 0 Å². The van der Waals surface area contributed by atoms with Crippen molar-refractivity contribution in [1.29, 1.82) is 0 Å². The second-order valence-electron chi connectivity index (χ2n) is 8.31. The Kier molecular flexibility index (Phi) is 17.2. The molecule has 0 atom stereocenters. The third-order valence-electron chi connectivity index (χ3n) is 3.18. The molecule has 0 aliphatic heterocycles. The van der Waals surface area contributed by atoms with E-state index in [-0.39, 0.29) is 0 Å². The summed E-state index contributed by atoms with van der Waals surface area (Å²) in [6.07, 6.45) is 14.8. The molecule has 4 heteroatoms. The molecule has 0 radical (unpaired) electrons. The van der Waals surface area contributed by atoms with E-state index < -0.39 is 16.6 Å². The Morgan fingerprint density at radius 1 is 0.696 bits per heavy atom. The molecule has 0 aromatic rings. The maximum atomic E-state index is 8.58. The largest absolute Gasteiger partial charge is 0.456 e. The standard InChI is InChI=1S/C13H26O.C6H18OSi2/c1-2-3-4-5-6-7-8-9-10-11-12-13-14;1-8(2,3)7-9(4,5)6/h2,14H,1,3-13H2;1-6H3. The predicted octanol–water partition coefficient (Wildman–Crippen LogP) is 6.74. The van der Waals surface area contributed by atoms with Gasteiger partial charge >= 0.3 is 0 Å². The van der Waals surface area contributed by atoms with Gasteiger partial charge in [0, 0.05) is 6.61 Å². The molecule has 2 nitrogen and oxygen atoms in total. The number of hydrogen-bond donors (Lipinski definition) is 1. The van der Waals surface area contributed by atoms with E-state index in [2.05, 4.69) is 45.9 Å². The first-order valence-electron chi connectivity index (χ1n) is 9.54. The lowest BCUT2D eigenvalue weighted by atomic mass is 10.1. The molecule has 0 bridgehead atoms. The Bertz CT molecular complexity index is 243. The van der Waals surface area contributed by atoms with Gasteiger partial charge in [-0.1, -0.05) is 51.0 Å². The van der Waals surface area contributed by atoms with Gasteiger partial charge in [-0.15, -0.1) is 6.58 Å². The SMILES string of the molecule is C=CCCCCCCCCCCCO.C[Si](C)(C)O[Si](C)(C)C. The number of hydrogen-bond acceptors (Lipinski definition) is 2. The molecule has 0 saturated carbocycles. The highest BCUT2D eigenvalue weighted by Crippen LogP contribution is 2.12. The monoisotopic (exact) mass is 360 g/mol. The first kappa shape index (κ1) is 25.3. The molecule has 0 fully saturated rings. The average molecular weight is 361 g/mol. The molecule has 23 heavy (non-hydrogen) atoms. The first-order chi connectivity index (χ1) is 10.6. The maximum Gasteiger partial charge on any atom is 0.170 e. The number of aliphatic hydroxyl groups is 1. The molecule has 0 aliphatic carbocycles. The number of unbranched alkanes of at least 4 members (excludes halogenated alkanes) is 9. The second-order valence-corrected chi connectivity index (χ2v) is 17.6. The fourth-order valence-electron chi connectivity index (χ4n) is 2.56. The summed E-state index contributed by atoms with van der Waals surface area (Å²) in [7, 11) is -2.46. The zero-order chi connectivity index (χ0) is 18.2. The van der Waals surface area contributed by atoms with Crippen molar-refractivity contribution in [2.24, 2.45) is 0 Å². The van der Waals surface area contributed by atoms with Gasteiger partial charge in [-0.05, 0) is 58.5 Å².